The van der Waals surface area contributed by atoms with Gasteiger partial charge in [-0.25, -0.2) is 0 Å². The highest BCUT2D eigenvalue weighted by atomic mass is 16.5. The Morgan fingerprint density at radius 2 is 2.17 bits per heavy atom. The van der Waals surface area contributed by atoms with Crippen molar-refractivity contribution < 1.29 is 23.8 Å². The molecule has 1 aromatic heterocycles. The number of ether oxygens (including phenoxy) is 1. The first-order valence-electron chi connectivity index (χ1n) is 5.86. The molecule has 1 rings (SSSR count). The van der Waals surface area contributed by atoms with Gasteiger partial charge in [0.15, 0.2) is 5.41 Å². The van der Waals surface area contributed by atoms with E-state index in [0.29, 0.717) is 5.56 Å². The van der Waals surface area contributed by atoms with E-state index >= 15 is 0 Å². The number of rotatable bonds is 6. The smallest absolute Gasteiger partial charge is 0.324 e. The maximum atomic E-state index is 12.0. The molecule has 0 aliphatic rings. The van der Waals surface area contributed by atoms with Crippen molar-refractivity contribution in [1.29, 1.82) is 0 Å². The number of hydrogen-bond acceptors (Lipinski definition) is 4. The minimum atomic E-state index is -1.57. The van der Waals surface area contributed by atoms with Crippen LogP contribution >= 0.6 is 0 Å². The Morgan fingerprint density at radius 1 is 1.50 bits per heavy atom. The summed E-state index contributed by atoms with van der Waals surface area (Å²) < 4.78 is 9.84. The number of hydrogen-bond donors (Lipinski definition) is 1. The highest BCUT2D eigenvalue weighted by Gasteiger charge is 2.50. The van der Waals surface area contributed by atoms with Crippen molar-refractivity contribution in [2.24, 2.45) is 11.3 Å². The topological polar surface area (TPSA) is 76.7 Å². The van der Waals surface area contributed by atoms with Gasteiger partial charge in [-0.1, -0.05) is 13.8 Å². The lowest BCUT2D eigenvalue weighted by molar-refractivity contribution is -0.172. The summed E-state index contributed by atoms with van der Waals surface area (Å²) in [6, 6.07) is 1.65. The number of aliphatic carboxylic acids is 1. The summed E-state index contributed by atoms with van der Waals surface area (Å²) in [5.41, 5.74) is -0.904. The van der Waals surface area contributed by atoms with E-state index in [1.165, 1.54) is 12.5 Å². The number of carbonyl (C=O) groups excluding carboxylic acids is 1. The van der Waals surface area contributed by atoms with Gasteiger partial charge < -0.3 is 14.3 Å². The van der Waals surface area contributed by atoms with Gasteiger partial charge in [0.05, 0.1) is 19.1 Å². The van der Waals surface area contributed by atoms with Crippen LogP contribution in [-0.4, -0.2) is 23.7 Å². The van der Waals surface area contributed by atoms with Crippen molar-refractivity contribution in [2.45, 2.75) is 27.2 Å². The van der Waals surface area contributed by atoms with Crippen LogP contribution in [0.4, 0.5) is 0 Å². The molecule has 0 aliphatic heterocycles. The molecule has 5 heteroatoms. The fourth-order valence-corrected chi connectivity index (χ4v) is 1.90. The molecule has 1 aromatic rings. The SMILES string of the molecule is CCOC(=O)C(Cc1ccoc1)(C(=O)O)C(C)C. The van der Waals surface area contributed by atoms with Gasteiger partial charge in [0.2, 0.25) is 0 Å². The Labute approximate surface area is 106 Å². The molecule has 1 unspecified atom stereocenters. The molecule has 1 heterocycles. The normalized spacial score (nSPS) is 14.2. The third kappa shape index (κ3) is 2.55. The lowest BCUT2D eigenvalue weighted by Crippen LogP contribution is -2.46. The second-order valence-corrected chi connectivity index (χ2v) is 4.46. The molecule has 0 amide bonds. The molecule has 0 aliphatic carbocycles. The number of furan rings is 1. The summed E-state index contributed by atoms with van der Waals surface area (Å²) in [6.07, 6.45) is 2.96. The van der Waals surface area contributed by atoms with Crippen LogP contribution in [0.1, 0.15) is 26.3 Å². The van der Waals surface area contributed by atoms with Crippen LogP contribution in [-0.2, 0) is 20.7 Å². The van der Waals surface area contributed by atoms with Crippen molar-refractivity contribution >= 4 is 11.9 Å². The second-order valence-electron chi connectivity index (χ2n) is 4.46. The van der Waals surface area contributed by atoms with Crippen LogP contribution in [0, 0.1) is 11.3 Å². The van der Waals surface area contributed by atoms with Crippen molar-refractivity contribution in [3.05, 3.63) is 24.2 Å². The molecule has 18 heavy (non-hydrogen) atoms. The molecule has 100 valence electrons. The summed E-state index contributed by atoms with van der Waals surface area (Å²) in [4.78, 5) is 23.6. The molecular weight excluding hydrogens is 236 g/mol. The van der Waals surface area contributed by atoms with E-state index in [-0.39, 0.29) is 18.9 Å². The van der Waals surface area contributed by atoms with E-state index in [2.05, 4.69) is 0 Å². The second kappa shape index (κ2) is 5.71. The van der Waals surface area contributed by atoms with Gasteiger partial charge in [-0.05, 0) is 24.5 Å². The standard InChI is InChI=1S/C13H18O5/c1-4-18-12(16)13(9(2)3,11(14)15)7-10-5-6-17-8-10/h5-6,8-9H,4,7H2,1-3H3,(H,14,15). The molecule has 0 bridgehead atoms. The average molecular weight is 254 g/mol. The Bertz CT molecular complexity index is 407. The maximum absolute atomic E-state index is 12.0. The lowest BCUT2D eigenvalue weighted by Gasteiger charge is -2.30. The average Bonchev–Trinajstić information content (AvgIpc) is 2.77. The molecule has 0 saturated heterocycles. The van der Waals surface area contributed by atoms with Gasteiger partial charge in [0, 0.05) is 6.42 Å². The predicted octanol–water partition coefficient (Wildman–Crippen LogP) is 2.11. The summed E-state index contributed by atoms with van der Waals surface area (Å²) in [6.45, 7) is 5.21. The highest BCUT2D eigenvalue weighted by molar-refractivity contribution is 5.99. The Balaban J connectivity index is 3.13. The predicted molar refractivity (Wildman–Crippen MR) is 64.0 cm³/mol. The summed E-state index contributed by atoms with van der Waals surface area (Å²) >= 11 is 0. The van der Waals surface area contributed by atoms with Gasteiger partial charge in [-0.2, -0.15) is 0 Å². The summed E-state index contributed by atoms with van der Waals surface area (Å²) in [7, 11) is 0. The number of esters is 1. The van der Waals surface area contributed by atoms with E-state index < -0.39 is 17.4 Å². The van der Waals surface area contributed by atoms with Crippen molar-refractivity contribution in [1.82, 2.24) is 0 Å². The number of carboxylic acid groups (broad SMARTS) is 1. The van der Waals surface area contributed by atoms with Gasteiger partial charge in [-0.3, -0.25) is 9.59 Å². The van der Waals surface area contributed by atoms with E-state index in [9.17, 15) is 14.7 Å². The highest BCUT2D eigenvalue weighted by Crippen LogP contribution is 2.34. The molecular formula is C13H18O5. The first-order valence-corrected chi connectivity index (χ1v) is 5.86. The monoisotopic (exact) mass is 254 g/mol. The van der Waals surface area contributed by atoms with Gasteiger partial charge >= 0.3 is 11.9 Å². The lowest BCUT2D eigenvalue weighted by atomic mass is 9.73. The van der Waals surface area contributed by atoms with E-state index in [0.717, 1.165) is 0 Å². The summed E-state index contributed by atoms with van der Waals surface area (Å²) in [5, 5.41) is 9.46. The zero-order valence-electron chi connectivity index (χ0n) is 10.8. The molecule has 1 atom stereocenters. The van der Waals surface area contributed by atoms with Gasteiger partial charge in [0.1, 0.15) is 0 Å². The van der Waals surface area contributed by atoms with E-state index in [4.69, 9.17) is 9.15 Å². The maximum Gasteiger partial charge on any atom is 0.324 e. The fraction of sp³-hybridized carbons (Fsp3) is 0.538. The largest absolute Gasteiger partial charge is 0.480 e. The molecule has 0 radical (unpaired) electrons. The van der Waals surface area contributed by atoms with Crippen LogP contribution in [0.5, 0.6) is 0 Å². The Kier molecular flexibility index (Phi) is 4.53. The fourth-order valence-electron chi connectivity index (χ4n) is 1.90. The summed E-state index contributed by atoms with van der Waals surface area (Å²) in [5.74, 6) is -2.25. The first kappa shape index (κ1) is 14.3. The first-order chi connectivity index (χ1) is 8.45. The van der Waals surface area contributed by atoms with Gasteiger partial charge in [0.25, 0.3) is 0 Å². The Morgan fingerprint density at radius 3 is 2.56 bits per heavy atom. The molecule has 1 N–H and O–H groups in total. The van der Waals surface area contributed by atoms with Crippen LogP contribution in [0.3, 0.4) is 0 Å². The van der Waals surface area contributed by atoms with Crippen molar-refractivity contribution in [3.8, 4) is 0 Å². The zero-order valence-corrected chi connectivity index (χ0v) is 10.8. The number of carboxylic acids is 1. The Hall–Kier alpha value is -1.78. The third-order valence-corrected chi connectivity index (χ3v) is 3.07. The molecule has 0 saturated carbocycles. The van der Waals surface area contributed by atoms with E-state index in [1.807, 2.05) is 0 Å². The van der Waals surface area contributed by atoms with Crippen LogP contribution in [0.2, 0.25) is 0 Å². The van der Waals surface area contributed by atoms with Crippen LogP contribution in [0.15, 0.2) is 23.0 Å². The van der Waals surface area contributed by atoms with Crippen LogP contribution in [0.25, 0.3) is 0 Å². The minimum absolute atomic E-state index is 0.0648. The quantitative estimate of drug-likeness (QED) is 0.621. The zero-order chi connectivity index (χ0) is 13.8. The molecule has 0 spiro atoms. The minimum Gasteiger partial charge on any atom is -0.480 e. The molecule has 5 nitrogen and oxygen atoms in total. The van der Waals surface area contributed by atoms with Gasteiger partial charge in [-0.15, -0.1) is 0 Å². The van der Waals surface area contributed by atoms with E-state index in [1.54, 1.807) is 26.8 Å². The molecule has 0 aromatic carbocycles. The van der Waals surface area contributed by atoms with Crippen LogP contribution < -0.4 is 0 Å². The number of carbonyl (C=O) groups is 2. The third-order valence-electron chi connectivity index (χ3n) is 3.07. The molecule has 0 fully saturated rings. The van der Waals surface area contributed by atoms with Crippen molar-refractivity contribution in [2.75, 3.05) is 6.61 Å². The van der Waals surface area contributed by atoms with Crippen molar-refractivity contribution in [3.63, 3.8) is 0 Å².